The highest BCUT2D eigenvalue weighted by Crippen LogP contribution is 2.18. The summed E-state index contributed by atoms with van der Waals surface area (Å²) in [4.78, 5) is 4.17. The molecule has 0 spiro atoms. The SMILES string of the molecule is CCCNCc1ccc(S(=O)(=O)N2CCCCCC2)nc1. The van der Waals surface area contributed by atoms with E-state index in [1.807, 2.05) is 6.07 Å². The summed E-state index contributed by atoms with van der Waals surface area (Å²) >= 11 is 0. The van der Waals surface area contributed by atoms with Crippen molar-refractivity contribution in [2.24, 2.45) is 0 Å². The van der Waals surface area contributed by atoms with E-state index in [-0.39, 0.29) is 5.03 Å². The van der Waals surface area contributed by atoms with Gasteiger partial charge in [0.15, 0.2) is 5.03 Å². The summed E-state index contributed by atoms with van der Waals surface area (Å²) in [5.74, 6) is 0. The van der Waals surface area contributed by atoms with Crippen LogP contribution in [-0.4, -0.2) is 37.3 Å². The molecule has 6 heteroatoms. The molecule has 118 valence electrons. The molecule has 1 aromatic heterocycles. The van der Waals surface area contributed by atoms with Gasteiger partial charge in [-0.25, -0.2) is 13.4 Å². The van der Waals surface area contributed by atoms with E-state index < -0.39 is 10.0 Å². The molecule has 0 atom stereocenters. The van der Waals surface area contributed by atoms with Crippen LogP contribution in [-0.2, 0) is 16.6 Å². The molecule has 1 aliphatic heterocycles. The first kappa shape index (κ1) is 16.4. The number of nitrogens with zero attached hydrogens (tertiary/aromatic N) is 2. The number of hydrogen-bond donors (Lipinski definition) is 1. The topological polar surface area (TPSA) is 62.3 Å². The number of sulfonamides is 1. The molecular formula is C15H25N3O2S. The number of pyridine rings is 1. The second-order valence-electron chi connectivity index (χ2n) is 5.50. The summed E-state index contributed by atoms with van der Waals surface area (Å²) in [5, 5.41) is 3.45. The monoisotopic (exact) mass is 311 g/mol. The van der Waals surface area contributed by atoms with Gasteiger partial charge >= 0.3 is 0 Å². The molecular weight excluding hydrogens is 286 g/mol. The minimum absolute atomic E-state index is 0.170. The molecule has 0 radical (unpaired) electrons. The van der Waals surface area contributed by atoms with Crippen molar-refractivity contribution < 1.29 is 8.42 Å². The quantitative estimate of drug-likeness (QED) is 0.818. The van der Waals surface area contributed by atoms with Crippen LogP contribution in [0.25, 0.3) is 0 Å². The summed E-state index contributed by atoms with van der Waals surface area (Å²) in [6.07, 6.45) is 6.85. The molecule has 21 heavy (non-hydrogen) atoms. The maximum atomic E-state index is 12.6. The molecule has 0 amide bonds. The minimum Gasteiger partial charge on any atom is -0.313 e. The van der Waals surface area contributed by atoms with Gasteiger partial charge in [0.05, 0.1) is 0 Å². The van der Waals surface area contributed by atoms with Crippen molar-refractivity contribution in [1.82, 2.24) is 14.6 Å². The van der Waals surface area contributed by atoms with Gasteiger partial charge in [0, 0.05) is 25.8 Å². The molecule has 0 aliphatic carbocycles. The second-order valence-corrected chi connectivity index (χ2v) is 7.38. The summed E-state index contributed by atoms with van der Waals surface area (Å²) in [6, 6.07) is 3.48. The Kier molecular flexibility index (Phi) is 6.14. The molecule has 2 heterocycles. The van der Waals surface area contributed by atoms with Gasteiger partial charge < -0.3 is 5.32 Å². The van der Waals surface area contributed by atoms with E-state index in [0.29, 0.717) is 13.1 Å². The number of aromatic nitrogens is 1. The Balaban J connectivity index is 2.05. The van der Waals surface area contributed by atoms with Crippen molar-refractivity contribution in [3.63, 3.8) is 0 Å². The van der Waals surface area contributed by atoms with Gasteiger partial charge in [0.25, 0.3) is 10.0 Å². The Morgan fingerprint density at radius 1 is 1.19 bits per heavy atom. The number of nitrogens with one attached hydrogen (secondary N) is 1. The van der Waals surface area contributed by atoms with Crippen LogP contribution >= 0.6 is 0 Å². The highest BCUT2D eigenvalue weighted by Gasteiger charge is 2.26. The van der Waals surface area contributed by atoms with E-state index in [1.165, 1.54) is 0 Å². The third kappa shape index (κ3) is 4.49. The van der Waals surface area contributed by atoms with Gasteiger partial charge in [-0.15, -0.1) is 0 Å². The third-order valence-corrected chi connectivity index (χ3v) is 5.54. The Labute approximate surface area is 127 Å². The Bertz CT molecular complexity index is 520. The van der Waals surface area contributed by atoms with Crippen LogP contribution in [0.5, 0.6) is 0 Å². The van der Waals surface area contributed by atoms with Crippen LogP contribution in [0.4, 0.5) is 0 Å². The van der Waals surface area contributed by atoms with Crippen molar-refractivity contribution in [3.05, 3.63) is 23.9 Å². The van der Waals surface area contributed by atoms with Gasteiger partial charge in [0.1, 0.15) is 0 Å². The molecule has 2 rings (SSSR count). The van der Waals surface area contributed by atoms with Crippen molar-refractivity contribution in [2.45, 2.75) is 50.6 Å². The molecule has 5 nitrogen and oxygen atoms in total. The molecule has 0 unspecified atom stereocenters. The normalized spacial score (nSPS) is 17.6. The zero-order chi connectivity index (χ0) is 15.1. The molecule has 1 saturated heterocycles. The molecule has 0 aromatic carbocycles. The predicted molar refractivity (Wildman–Crippen MR) is 83.5 cm³/mol. The van der Waals surface area contributed by atoms with Crippen molar-refractivity contribution in [1.29, 1.82) is 0 Å². The molecule has 1 aliphatic rings. The third-order valence-electron chi connectivity index (χ3n) is 3.72. The van der Waals surface area contributed by atoms with E-state index in [2.05, 4.69) is 17.2 Å². The fourth-order valence-electron chi connectivity index (χ4n) is 2.49. The molecule has 0 saturated carbocycles. The van der Waals surface area contributed by atoms with Gasteiger partial charge in [-0.3, -0.25) is 0 Å². The van der Waals surface area contributed by atoms with Gasteiger partial charge in [-0.05, 0) is 37.4 Å². The van der Waals surface area contributed by atoms with Crippen LogP contribution in [0, 0.1) is 0 Å². The Morgan fingerprint density at radius 3 is 2.48 bits per heavy atom. The molecule has 1 aromatic rings. The summed E-state index contributed by atoms with van der Waals surface area (Å²) in [5.41, 5.74) is 1.01. The summed E-state index contributed by atoms with van der Waals surface area (Å²) < 4.78 is 26.7. The average molecular weight is 311 g/mol. The van der Waals surface area contributed by atoms with Crippen molar-refractivity contribution in [2.75, 3.05) is 19.6 Å². The van der Waals surface area contributed by atoms with E-state index in [1.54, 1.807) is 16.6 Å². The maximum absolute atomic E-state index is 12.6. The first-order valence-corrected chi connectivity index (χ1v) is 9.24. The fraction of sp³-hybridized carbons (Fsp3) is 0.667. The second kappa shape index (κ2) is 7.87. The van der Waals surface area contributed by atoms with Crippen LogP contribution in [0.15, 0.2) is 23.4 Å². The first-order valence-electron chi connectivity index (χ1n) is 7.80. The molecule has 1 fully saturated rings. The van der Waals surface area contributed by atoms with E-state index in [4.69, 9.17) is 0 Å². The smallest absolute Gasteiger partial charge is 0.260 e. The van der Waals surface area contributed by atoms with Gasteiger partial charge in [-0.1, -0.05) is 25.8 Å². The lowest BCUT2D eigenvalue weighted by Crippen LogP contribution is -2.32. The Hall–Kier alpha value is -0.980. The van der Waals surface area contributed by atoms with Crippen LogP contribution in [0.1, 0.15) is 44.6 Å². The highest BCUT2D eigenvalue weighted by atomic mass is 32.2. The first-order chi connectivity index (χ1) is 10.1. The summed E-state index contributed by atoms with van der Waals surface area (Å²) in [6.45, 7) is 5.02. The molecule has 1 N–H and O–H groups in total. The van der Waals surface area contributed by atoms with Crippen LogP contribution < -0.4 is 5.32 Å². The number of rotatable bonds is 6. The van der Waals surface area contributed by atoms with Crippen LogP contribution in [0.3, 0.4) is 0 Å². The number of hydrogen-bond acceptors (Lipinski definition) is 4. The van der Waals surface area contributed by atoms with Gasteiger partial charge in [0.2, 0.25) is 0 Å². The lowest BCUT2D eigenvalue weighted by molar-refractivity contribution is 0.421. The van der Waals surface area contributed by atoms with E-state index >= 15 is 0 Å². The highest BCUT2D eigenvalue weighted by molar-refractivity contribution is 7.89. The largest absolute Gasteiger partial charge is 0.313 e. The van der Waals surface area contributed by atoms with Crippen LogP contribution in [0.2, 0.25) is 0 Å². The van der Waals surface area contributed by atoms with Crippen molar-refractivity contribution >= 4 is 10.0 Å². The summed E-state index contributed by atoms with van der Waals surface area (Å²) in [7, 11) is -3.43. The minimum atomic E-state index is -3.43. The Morgan fingerprint density at radius 2 is 1.90 bits per heavy atom. The molecule has 0 bridgehead atoms. The zero-order valence-electron chi connectivity index (χ0n) is 12.7. The standard InChI is InChI=1S/C15H25N3O2S/c1-2-9-16-12-14-7-8-15(17-13-14)21(19,20)18-10-5-3-4-6-11-18/h7-8,13,16H,2-6,9-12H2,1H3. The lowest BCUT2D eigenvalue weighted by Gasteiger charge is -2.19. The average Bonchev–Trinajstić information content (AvgIpc) is 2.78. The fourth-order valence-corrected chi connectivity index (χ4v) is 3.92. The van der Waals surface area contributed by atoms with E-state index in [9.17, 15) is 8.42 Å². The van der Waals surface area contributed by atoms with Crippen molar-refractivity contribution in [3.8, 4) is 0 Å². The van der Waals surface area contributed by atoms with E-state index in [0.717, 1.165) is 50.8 Å². The zero-order valence-corrected chi connectivity index (χ0v) is 13.5. The van der Waals surface area contributed by atoms with Gasteiger partial charge in [-0.2, -0.15) is 4.31 Å². The maximum Gasteiger partial charge on any atom is 0.260 e. The lowest BCUT2D eigenvalue weighted by atomic mass is 10.2. The predicted octanol–water partition coefficient (Wildman–Crippen LogP) is 2.15.